The Morgan fingerprint density at radius 3 is 1.38 bits per heavy atom. The Kier molecular flexibility index (Phi) is 6.48. The monoisotopic (exact) mass is 468 g/mol. The molecule has 1 rings (SSSR count). The van der Waals surface area contributed by atoms with Crippen LogP contribution in [0, 0.1) is 0 Å². The number of aliphatic imine (C=N–C) groups is 1. The van der Waals surface area contributed by atoms with Crippen LogP contribution in [0.1, 0.15) is 0 Å². The first-order chi connectivity index (χ1) is 12.6. The lowest BCUT2D eigenvalue weighted by Gasteiger charge is -2.49. The van der Waals surface area contributed by atoms with Gasteiger partial charge in [0.25, 0.3) is 0 Å². The number of rotatable bonds is 2. The van der Waals surface area contributed by atoms with Gasteiger partial charge in [-0.1, -0.05) is 0 Å². The molecule has 0 radical (unpaired) electrons. The number of hydrogen-bond acceptors (Lipinski definition) is 3. The molecule has 29 heavy (non-hydrogen) atoms. The zero-order valence-corrected chi connectivity index (χ0v) is 13.2. The molecule has 0 bridgehead atoms. The van der Waals surface area contributed by atoms with E-state index >= 15 is 0 Å². The SMILES string of the molecule is FC(F)(F)C(=NC1COCCN1C(C(F)(F)F)(C(F)(F)F)C(F)(F)F)C(F)(F)F. The van der Waals surface area contributed by atoms with E-state index in [1.54, 1.807) is 4.99 Å². The quantitative estimate of drug-likeness (QED) is 0.436. The van der Waals surface area contributed by atoms with Crippen LogP contribution in [0.3, 0.4) is 0 Å². The maximum atomic E-state index is 13.1. The molecular formula is C11H7F15N2O. The molecule has 0 spiro atoms. The third kappa shape index (κ3) is 4.66. The van der Waals surface area contributed by atoms with Crippen LogP contribution in [0.25, 0.3) is 0 Å². The van der Waals surface area contributed by atoms with Crippen LogP contribution < -0.4 is 0 Å². The van der Waals surface area contributed by atoms with Gasteiger partial charge in [0.1, 0.15) is 6.17 Å². The molecule has 1 aliphatic rings. The fourth-order valence-corrected chi connectivity index (χ4v) is 2.52. The second-order valence-electron chi connectivity index (χ2n) is 5.43. The summed E-state index contributed by atoms with van der Waals surface area (Å²) in [6, 6.07) is 0. The highest BCUT2D eigenvalue weighted by Crippen LogP contribution is 2.57. The number of hydrogen-bond donors (Lipinski definition) is 0. The van der Waals surface area contributed by atoms with Gasteiger partial charge in [0.2, 0.25) is 5.71 Å². The molecule has 3 nitrogen and oxygen atoms in total. The van der Waals surface area contributed by atoms with Gasteiger partial charge in [0.05, 0.1) is 13.2 Å². The van der Waals surface area contributed by atoms with Gasteiger partial charge in [-0.15, -0.1) is 0 Å². The molecular weight excluding hydrogens is 461 g/mol. The first-order valence-corrected chi connectivity index (χ1v) is 6.85. The van der Waals surface area contributed by atoms with Crippen molar-refractivity contribution in [2.45, 2.75) is 42.6 Å². The minimum Gasteiger partial charge on any atom is -0.376 e. The van der Waals surface area contributed by atoms with Crippen LogP contribution in [0.5, 0.6) is 0 Å². The third-order valence-corrected chi connectivity index (χ3v) is 3.58. The summed E-state index contributed by atoms with van der Waals surface area (Å²) in [6.07, 6.45) is -38.2. The molecule has 1 saturated heterocycles. The highest BCUT2D eigenvalue weighted by atomic mass is 19.4. The van der Waals surface area contributed by atoms with Crippen LogP contribution in [0.15, 0.2) is 4.99 Å². The predicted octanol–water partition coefficient (Wildman–Crippen LogP) is 4.64. The van der Waals surface area contributed by atoms with Crippen LogP contribution in [0.4, 0.5) is 65.9 Å². The molecule has 0 saturated carbocycles. The molecule has 1 unspecified atom stereocenters. The summed E-state index contributed by atoms with van der Waals surface area (Å²) in [6.45, 7) is -5.10. The summed E-state index contributed by atoms with van der Waals surface area (Å²) in [5, 5.41) is 0. The van der Waals surface area contributed by atoms with Crippen molar-refractivity contribution in [3.8, 4) is 0 Å². The van der Waals surface area contributed by atoms with Crippen LogP contribution >= 0.6 is 0 Å². The Hall–Kier alpha value is -1.46. The Morgan fingerprint density at radius 2 is 1.07 bits per heavy atom. The van der Waals surface area contributed by atoms with E-state index in [4.69, 9.17) is 0 Å². The summed E-state index contributed by atoms with van der Waals surface area (Å²) in [5.41, 5.74) is -10.6. The molecule has 1 atom stereocenters. The van der Waals surface area contributed by atoms with Gasteiger partial charge < -0.3 is 4.74 Å². The molecule has 0 aromatic heterocycles. The smallest absolute Gasteiger partial charge is 0.376 e. The standard InChI is InChI=1S/C11H7F15N2O/c12-6(13,14)5(7(15,16)17)27-4-3-29-2-1-28(4)8(9(18,19)20,10(21,22)23)11(24,25)26/h4H,1-3H2. The van der Waals surface area contributed by atoms with Gasteiger partial charge in [-0.25, -0.2) is 4.90 Å². The highest BCUT2D eigenvalue weighted by molar-refractivity contribution is 5.94. The molecule has 0 amide bonds. The molecule has 18 heteroatoms. The lowest BCUT2D eigenvalue weighted by molar-refractivity contribution is -0.428. The van der Waals surface area contributed by atoms with E-state index in [0.29, 0.717) is 0 Å². The van der Waals surface area contributed by atoms with E-state index in [-0.39, 0.29) is 0 Å². The molecule has 1 fully saturated rings. The van der Waals surface area contributed by atoms with Crippen molar-refractivity contribution in [2.75, 3.05) is 19.8 Å². The molecule has 0 aromatic rings. The van der Waals surface area contributed by atoms with Crippen molar-refractivity contribution in [3.63, 3.8) is 0 Å². The van der Waals surface area contributed by atoms with Gasteiger partial charge in [-0.05, 0) is 0 Å². The summed E-state index contributed by atoms with van der Waals surface area (Å²) in [7, 11) is 0. The maximum absolute atomic E-state index is 13.1. The van der Waals surface area contributed by atoms with E-state index < -0.39 is 73.0 Å². The summed E-state index contributed by atoms with van der Waals surface area (Å²) >= 11 is 0. The van der Waals surface area contributed by atoms with Gasteiger partial charge in [-0.2, -0.15) is 65.9 Å². The zero-order valence-electron chi connectivity index (χ0n) is 13.2. The average molecular weight is 468 g/mol. The Morgan fingerprint density at radius 1 is 0.690 bits per heavy atom. The van der Waals surface area contributed by atoms with E-state index in [1.165, 1.54) is 0 Å². The van der Waals surface area contributed by atoms with E-state index in [0.717, 1.165) is 0 Å². The molecule has 0 aliphatic carbocycles. The van der Waals surface area contributed by atoms with Crippen molar-refractivity contribution >= 4 is 5.71 Å². The molecule has 1 aliphatic heterocycles. The topological polar surface area (TPSA) is 24.8 Å². The predicted molar refractivity (Wildman–Crippen MR) is 61.8 cm³/mol. The Balaban J connectivity index is 3.82. The zero-order chi connectivity index (χ0) is 23.3. The average Bonchev–Trinajstić information content (AvgIpc) is 2.39. The second kappa shape index (κ2) is 7.35. The molecule has 0 N–H and O–H groups in total. The first-order valence-electron chi connectivity index (χ1n) is 6.85. The second-order valence-corrected chi connectivity index (χ2v) is 5.43. The lowest BCUT2D eigenvalue weighted by Crippen LogP contribution is -2.78. The summed E-state index contributed by atoms with van der Waals surface area (Å²) in [5.74, 6) is 0. The number of halogens is 15. The normalized spacial score (nSPS) is 21.3. The molecule has 0 aromatic carbocycles. The maximum Gasteiger partial charge on any atom is 0.438 e. The summed E-state index contributed by atoms with van der Waals surface area (Å²) in [4.78, 5) is 0.0748. The van der Waals surface area contributed by atoms with Crippen molar-refractivity contribution in [2.24, 2.45) is 4.99 Å². The van der Waals surface area contributed by atoms with E-state index in [1.807, 2.05) is 0 Å². The van der Waals surface area contributed by atoms with Crippen LogP contribution in [0.2, 0.25) is 0 Å². The van der Waals surface area contributed by atoms with Crippen LogP contribution in [-0.2, 0) is 4.74 Å². The van der Waals surface area contributed by atoms with Gasteiger partial charge in [-0.3, -0.25) is 4.99 Å². The van der Waals surface area contributed by atoms with Gasteiger partial charge >= 0.3 is 36.4 Å². The van der Waals surface area contributed by atoms with Crippen molar-refractivity contribution < 1.29 is 70.6 Å². The Bertz CT molecular complexity index is 556. The lowest BCUT2D eigenvalue weighted by atomic mass is 9.92. The van der Waals surface area contributed by atoms with Crippen molar-refractivity contribution in [1.29, 1.82) is 0 Å². The fourth-order valence-electron chi connectivity index (χ4n) is 2.52. The van der Waals surface area contributed by atoms with Crippen molar-refractivity contribution in [1.82, 2.24) is 4.90 Å². The van der Waals surface area contributed by atoms with E-state index in [2.05, 4.69) is 4.74 Å². The number of nitrogens with zero attached hydrogens (tertiary/aromatic N) is 2. The Labute approximate surface area is 150 Å². The number of alkyl halides is 15. The van der Waals surface area contributed by atoms with Crippen molar-refractivity contribution in [3.05, 3.63) is 0 Å². The first kappa shape index (κ1) is 25.6. The van der Waals surface area contributed by atoms with Gasteiger partial charge in [0, 0.05) is 6.54 Å². The van der Waals surface area contributed by atoms with E-state index in [9.17, 15) is 65.9 Å². The largest absolute Gasteiger partial charge is 0.438 e. The third-order valence-electron chi connectivity index (χ3n) is 3.58. The minimum atomic E-state index is -7.24. The molecule has 1 heterocycles. The number of ether oxygens (including phenoxy) is 1. The fraction of sp³-hybridized carbons (Fsp3) is 0.909. The summed E-state index contributed by atoms with van der Waals surface area (Å²) < 4.78 is 197. The van der Waals surface area contributed by atoms with Crippen LogP contribution in [-0.4, -0.2) is 73.0 Å². The highest BCUT2D eigenvalue weighted by Gasteiger charge is 2.87. The number of morpholine rings is 1. The van der Waals surface area contributed by atoms with Gasteiger partial charge in [0.15, 0.2) is 0 Å². The molecule has 172 valence electrons. The minimum absolute atomic E-state index is 1.29.